The number of aromatic nitrogens is 1. The zero-order valence-electron chi connectivity index (χ0n) is 14.2. The van der Waals surface area contributed by atoms with Crippen LogP contribution in [0.15, 0.2) is 53.1 Å². The number of urea groups is 1. The van der Waals surface area contributed by atoms with Crippen molar-refractivity contribution in [1.82, 2.24) is 15.6 Å². The topological polar surface area (TPSA) is 87.4 Å². The summed E-state index contributed by atoms with van der Waals surface area (Å²) in [5.74, 6) is 1.13. The van der Waals surface area contributed by atoms with Gasteiger partial charge >= 0.3 is 6.03 Å². The van der Waals surface area contributed by atoms with Gasteiger partial charge in [0.1, 0.15) is 17.1 Å². The molecule has 3 N–H and O–H groups in total. The Morgan fingerprint density at radius 2 is 2.00 bits per heavy atom. The van der Waals surface area contributed by atoms with Gasteiger partial charge in [-0.25, -0.2) is 4.79 Å². The van der Waals surface area contributed by atoms with Crippen molar-refractivity contribution >= 4 is 16.9 Å². The summed E-state index contributed by atoms with van der Waals surface area (Å²) in [6, 6.07) is 12.8. The molecule has 0 spiro atoms. The van der Waals surface area contributed by atoms with Crippen LogP contribution < -0.4 is 10.6 Å². The minimum absolute atomic E-state index is 0.0412. The van der Waals surface area contributed by atoms with Crippen molar-refractivity contribution in [2.75, 3.05) is 6.54 Å². The van der Waals surface area contributed by atoms with E-state index in [-0.39, 0.29) is 12.6 Å². The smallest absolute Gasteiger partial charge is 0.315 e. The molecular formula is C19H21N3O3. The van der Waals surface area contributed by atoms with Crippen molar-refractivity contribution in [3.05, 3.63) is 65.7 Å². The van der Waals surface area contributed by atoms with Crippen LogP contribution in [0.5, 0.6) is 0 Å². The van der Waals surface area contributed by atoms with E-state index in [0.717, 1.165) is 16.5 Å². The van der Waals surface area contributed by atoms with E-state index in [1.807, 2.05) is 30.3 Å². The van der Waals surface area contributed by atoms with E-state index in [1.165, 1.54) is 0 Å². The third-order valence-corrected chi connectivity index (χ3v) is 4.02. The molecule has 6 heteroatoms. The molecule has 6 nitrogen and oxygen atoms in total. The first-order valence-electron chi connectivity index (χ1n) is 8.09. The molecule has 25 heavy (non-hydrogen) atoms. The highest BCUT2D eigenvalue weighted by Gasteiger charge is 2.27. The molecule has 0 radical (unpaired) electrons. The number of nitrogens with zero attached hydrogens (tertiary/aromatic N) is 1. The molecule has 0 aliphatic heterocycles. The predicted octanol–water partition coefficient (Wildman–Crippen LogP) is 2.84. The summed E-state index contributed by atoms with van der Waals surface area (Å²) in [6.45, 7) is 3.79. The minimum atomic E-state index is -1.27. The van der Waals surface area contributed by atoms with Crippen molar-refractivity contribution in [1.29, 1.82) is 0 Å². The normalized spacial score (nSPS) is 13.4. The monoisotopic (exact) mass is 339 g/mol. The Hall–Kier alpha value is -2.86. The average Bonchev–Trinajstić information content (AvgIpc) is 3.05. The number of rotatable bonds is 5. The summed E-state index contributed by atoms with van der Waals surface area (Å²) in [6.07, 6.45) is 1.73. The summed E-state index contributed by atoms with van der Waals surface area (Å²) in [5, 5.41) is 16.9. The lowest BCUT2D eigenvalue weighted by molar-refractivity contribution is 0.0360. The van der Waals surface area contributed by atoms with Gasteiger partial charge in [0.25, 0.3) is 0 Å². The second-order valence-electron chi connectivity index (χ2n) is 6.21. The first kappa shape index (κ1) is 17.0. The number of amides is 2. The molecule has 1 aromatic carbocycles. The largest absolute Gasteiger partial charge is 0.463 e. The standard InChI is InChI=1S/C19H21N3O3/c1-13-8-9-16(25-13)19(2,24)12-22-18(23)21-11-15-6-3-5-14-7-4-10-20-17(14)15/h3-10,24H,11-12H2,1-2H3,(H2,21,22,23). The van der Waals surface area contributed by atoms with Gasteiger partial charge in [-0.1, -0.05) is 24.3 Å². The molecular weight excluding hydrogens is 318 g/mol. The number of carbonyl (C=O) groups excluding carboxylic acids is 1. The highest BCUT2D eigenvalue weighted by atomic mass is 16.4. The van der Waals surface area contributed by atoms with Gasteiger partial charge in [0.2, 0.25) is 0 Å². The van der Waals surface area contributed by atoms with Crippen LogP contribution in [-0.2, 0) is 12.1 Å². The predicted molar refractivity (Wildman–Crippen MR) is 95.0 cm³/mol. The highest BCUT2D eigenvalue weighted by molar-refractivity contribution is 5.82. The lowest BCUT2D eigenvalue weighted by Crippen LogP contribution is -2.43. The summed E-state index contributed by atoms with van der Waals surface area (Å²) in [7, 11) is 0. The fourth-order valence-electron chi connectivity index (χ4n) is 2.61. The van der Waals surface area contributed by atoms with Crippen molar-refractivity contribution in [2.45, 2.75) is 26.0 Å². The van der Waals surface area contributed by atoms with Crippen LogP contribution in [-0.4, -0.2) is 22.7 Å². The summed E-state index contributed by atoms with van der Waals surface area (Å²) < 4.78 is 5.43. The Bertz CT molecular complexity index is 881. The van der Waals surface area contributed by atoms with E-state index < -0.39 is 5.60 Å². The highest BCUT2D eigenvalue weighted by Crippen LogP contribution is 2.22. The van der Waals surface area contributed by atoms with E-state index in [4.69, 9.17) is 4.42 Å². The SMILES string of the molecule is Cc1ccc(C(C)(O)CNC(=O)NCc2cccc3cccnc23)o1. The lowest BCUT2D eigenvalue weighted by atomic mass is 10.0. The third kappa shape index (κ3) is 3.97. The van der Waals surface area contributed by atoms with Gasteiger partial charge in [0.05, 0.1) is 12.1 Å². The zero-order valence-corrected chi connectivity index (χ0v) is 14.2. The van der Waals surface area contributed by atoms with E-state index in [0.29, 0.717) is 18.1 Å². The molecule has 130 valence electrons. The number of hydrogen-bond donors (Lipinski definition) is 3. The molecule has 1 unspecified atom stereocenters. The number of benzene rings is 1. The Morgan fingerprint density at radius 3 is 2.76 bits per heavy atom. The van der Waals surface area contributed by atoms with E-state index in [1.54, 1.807) is 32.2 Å². The number of carbonyl (C=O) groups is 1. The van der Waals surface area contributed by atoms with Gasteiger partial charge in [-0.3, -0.25) is 4.98 Å². The van der Waals surface area contributed by atoms with Gasteiger partial charge in [-0.05, 0) is 37.6 Å². The van der Waals surface area contributed by atoms with E-state index in [2.05, 4.69) is 15.6 Å². The molecule has 0 bridgehead atoms. The quantitative estimate of drug-likeness (QED) is 0.667. The Morgan fingerprint density at radius 1 is 1.20 bits per heavy atom. The molecule has 0 aliphatic carbocycles. The third-order valence-electron chi connectivity index (χ3n) is 4.02. The number of para-hydroxylation sites is 1. The van der Waals surface area contributed by atoms with E-state index >= 15 is 0 Å². The van der Waals surface area contributed by atoms with Crippen molar-refractivity contribution in [2.24, 2.45) is 0 Å². The summed E-state index contributed by atoms with van der Waals surface area (Å²) in [5.41, 5.74) is 0.525. The average molecular weight is 339 g/mol. The van der Waals surface area contributed by atoms with Crippen molar-refractivity contribution in [3.63, 3.8) is 0 Å². The summed E-state index contributed by atoms with van der Waals surface area (Å²) >= 11 is 0. The number of furan rings is 1. The van der Waals surface area contributed by atoms with Gasteiger partial charge in [0.15, 0.2) is 0 Å². The molecule has 3 rings (SSSR count). The number of fused-ring (bicyclic) bond motifs is 1. The second kappa shape index (κ2) is 6.94. The van der Waals surface area contributed by atoms with Crippen molar-refractivity contribution in [3.8, 4) is 0 Å². The Kier molecular flexibility index (Phi) is 4.72. The minimum Gasteiger partial charge on any atom is -0.463 e. The molecule has 0 fully saturated rings. The Labute approximate surface area is 145 Å². The van der Waals surface area contributed by atoms with Gasteiger partial charge in [-0.15, -0.1) is 0 Å². The van der Waals surface area contributed by atoms with Gasteiger partial charge < -0.3 is 20.2 Å². The van der Waals surface area contributed by atoms with Crippen molar-refractivity contribution < 1.29 is 14.3 Å². The fraction of sp³-hybridized carbons (Fsp3) is 0.263. The van der Waals surface area contributed by atoms with Crippen LogP contribution in [0.1, 0.15) is 24.0 Å². The van der Waals surface area contributed by atoms with Crippen LogP contribution in [0.2, 0.25) is 0 Å². The second-order valence-corrected chi connectivity index (χ2v) is 6.21. The lowest BCUT2D eigenvalue weighted by Gasteiger charge is -2.21. The van der Waals surface area contributed by atoms with Crippen LogP contribution in [0.25, 0.3) is 10.9 Å². The number of nitrogens with one attached hydrogen (secondary N) is 2. The molecule has 1 atom stereocenters. The van der Waals surface area contributed by atoms with Crippen LogP contribution in [0.4, 0.5) is 4.79 Å². The van der Waals surface area contributed by atoms with Gasteiger partial charge in [-0.2, -0.15) is 0 Å². The molecule has 2 amide bonds. The maximum absolute atomic E-state index is 12.1. The summed E-state index contributed by atoms with van der Waals surface area (Å²) in [4.78, 5) is 16.4. The fourth-order valence-corrected chi connectivity index (χ4v) is 2.61. The van der Waals surface area contributed by atoms with Crippen LogP contribution >= 0.6 is 0 Å². The zero-order chi connectivity index (χ0) is 17.9. The molecule has 3 aromatic rings. The maximum Gasteiger partial charge on any atom is 0.315 e. The molecule has 0 saturated carbocycles. The van der Waals surface area contributed by atoms with E-state index in [9.17, 15) is 9.90 Å². The first-order chi connectivity index (χ1) is 12.0. The van der Waals surface area contributed by atoms with Gasteiger partial charge in [0, 0.05) is 18.1 Å². The Balaban J connectivity index is 1.58. The molecule has 2 aromatic heterocycles. The van der Waals surface area contributed by atoms with Crippen LogP contribution in [0, 0.1) is 6.92 Å². The maximum atomic E-state index is 12.1. The molecule has 0 saturated heterocycles. The number of hydrogen-bond acceptors (Lipinski definition) is 4. The first-order valence-corrected chi connectivity index (χ1v) is 8.09. The molecule has 0 aliphatic rings. The van der Waals surface area contributed by atoms with Crippen LogP contribution in [0.3, 0.4) is 0 Å². The molecule has 2 heterocycles. The number of pyridine rings is 1. The number of aryl methyl sites for hydroxylation is 1. The number of aliphatic hydroxyl groups is 1.